The molecule has 0 aromatic heterocycles. The lowest BCUT2D eigenvalue weighted by Crippen LogP contribution is -2.56. The van der Waals surface area contributed by atoms with Crippen molar-refractivity contribution in [1.29, 1.82) is 0 Å². The minimum absolute atomic E-state index is 0.150. The fraction of sp³-hybridized carbons (Fsp3) is 0.462. The van der Waals surface area contributed by atoms with Crippen LogP contribution in [0.25, 0.3) is 0 Å². The van der Waals surface area contributed by atoms with Gasteiger partial charge in [-0.05, 0) is 32.0 Å². The number of alkyl halides is 3. The molecule has 0 saturated heterocycles. The van der Waals surface area contributed by atoms with Gasteiger partial charge in [0.2, 0.25) is 0 Å². The van der Waals surface area contributed by atoms with Crippen molar-refractivity contribution in [2.24, 2.45) is 0 Å². The molecule has 0 spiro atoms. The summed E-state index contributed by atoms with van der Waals surface area (Å²) in [7, 11) is 3.08. The highest BCUT2D eigenvalue weighted by atomic mass is 35.5. The summed E-state index contributed by atoms with van der Waals surface area (Å²) >= 11 is 5.79. The molecule has 1 rings (SSSR count). The second-order valence-corrected chi connectivity index (χ2v) is 5.80. The summed E-state index contributed by atoms with van der Waals surface area (Å²) < 4.78 is 37.8. The van der Waals surface area contributed by atoms with Crippen LogP contribution in [0.3, 0.4) is 0 Å². The third-order valence-electron chi connectivity index (χ3n) is 3.47. The van der Waals surface area contributed by atoms with Crippen LogP contribution in [0.4, 0.5) is 23.7 Å². The van der Waals surface area contributed by atoms with Crippen molar-refractivity contribution in [3.63, 3.8) is 0 Å². The van der Waals surface area contributed by atoms with Gasteiger partial charge in [0.05, 0.1) is 36.4 Å². The van der Waals surface area contributed by atoms with E-state index in [4.69, 9.17) is 11.6 Å². The van der Waals surface area contributed by atoms with E-state index in [0.717, 1.165) is 12.1 Å². The van der Waals surface area contributed by atoms with E-state index < -0.39 is 23.5 Å². The van der Waals surface area contributed by atoms with E-state index >= 15 is 0 Å². The molecular weight excluding hydrogens is 309 g/mol. The molecule has 0 aliphatic carbocycles. The number of anilines is 1. The van der Waals surface area contributed by atoms with Crippen LogP contribution in [0.1, 0.15) is 19.4 Å². The topological polar surface area (TPSA) is 40.5 Å². The van der Waals surface area contributed by atoms with Crippen molar-refractivity contribution >= 4 is 23.3 Å². The molecule has 8 heteroatoms. The fourth-order valence-corrected chi connectivity index (χ4v) is 1.62. The van der Waals surface area contributed by atoms with Gasteiger partial charge in [0.25, 0.3) is 0 Å². The molecule has 4 nitrogen and oxygen atoms in total. The molecule has 1 N–H and O–H groups in total. The number of halogens is 4. The molecule has 0 saturated carbocycles. The van der Waals surface area contributed by atoms with Crippen molar-refractivity contribution < 1.29 is 27.7 Å². The van der Waals surface area contributed by atoms with E-state index in [-0.39, 0.29) is 20.6 Å². The molecule has 21 heavy (non-hydrogen) atoms. The standard InChI is InChI=1S/C13H17ClF3N2O2/c1-8(2)19(3,4)12(20)18(21)11-7-9(13(15,16)17)5-6-10(11)14/h5-8,21H,1-4H3/q+1. The predicted octanol–water partition coefficient (Wildman–Crippen LogP) is 4.16. The first-order valence-corrected chi connectivity index (χ1v) is 6.50. The lowest BCUT2D eigenvalue weighted by atomic mass is 10.2. The maximum Gasteiger partial charge on any atom is 0.447 e. The van der Waals surface area contributed by atoms with Crippen LogP contribution in [0, 0.1) is 0 Å². The summed E-state index contributed by atoms with van der Waals surface area (Å²) in [6.45, 7) is 3.50. The molecule has 118 valence electrons. The number of quaternary nitrogens is 1. The number of rotatable bonds is 2. The quantitative estimate of drug-likeness (QED) is 0.504. The van der Waals surface area contributed by atoms with Crippen LogP contribution in [0.5, 0.6) is 0 Å². The first-order chi connectivity index (χ1) is 9.39. The molecule has 0 heterocycles. The first kappa shape index (κ1) is 17.7. The summed E-state index contributed by atoms with van der Waals surface area (Å²) in [4.78, 5) is 12.2. The van der Waals surface area contributed by atoms with Gasteiger partial charge < -0.3 is 0 Å². The molecule has 0 aliphatic heterocycles. The zero-order valence-electron chi connectivity index (χ0n) is 12.1. The van der Waals surface area contributed by atoms with Gasteiger partial charge in [0, 0.05) is 0 Å². The summed E-state index contributed by atoms with van der Waals surface area (Å²) in [6.07, 6.45) is -4.59. The molecule has 0 radical (unpaired) electrons. The third-order valence-corrected chi connectivity index (χ3v) is 3.79. The molecular formula is C13H17ClF3N2O2+. The van der Waals surface area contributed by atoms with E-state index in [2.05, 4.69) is 0 Å². The largest absolute Gasteiger partial charge is 0.447 e. The van der Waals surface area contributed by atoms with Gasteiger partial charge in [0.1, 0.15) is 0 Å². The van der Waals surface area contributed by atoms with Crippen molar-refractivity contribution in [3.05, 3.63) is 28.8 Å². The van der Waals surface area contributed by atoms with E-state index in [1.807, 2.05) is 0 Å². The highest BCUT2D eigenvalue weighted by Gasteiger charge is 2.38. The number of nitrogens with zero attached hydrogens (tertiary/aromatic N) is 2. The SMILES string of the molecule is CC(C)[N+](C)(C)C(=O)N(O)c1cc(C(F)(F)F)ccc1Cl. The van der Waals surface area contributed by atoms with Crippen LogP contribution in [-0.4, -0.2) is 35.9 Å². The zero-order chi connectivity index (χ0) is 16.6. The molecule has 0 unspecified atom stereocenters. The van der Waals surface area contributed by atoms with Crippen LogP contribution in [0.15, 0.2) is 18.2 Å². The minimum atomic E-state index is -4.59. The maximum atomic E-state index is 12.7. The second kappa shape index (κ2) is 5.82. The van der Waals surface area contributed by atoms with Gasteiger partial charge in [-0.25, -0.2) is 9.28 Å². The lowest BCUT2D eigenvalue weighted by Gasteiger charge is -2.33. The van der Waals surface area contributed by atoms with E-state index in [1.54, 1.807) is 13.8 Å². The van der Waals surface area contributed by atoms with E-state index in [9.17, 15) is 23.2 Å². The average molecular weight is 326 g/mol. The molecule has 0 fully saturated rings. The first-order valence-electron chi connectivity index (χ1n) is 6.13. The number of hydroxylamine groups is 1. The summed E-state index contributed by atoms with van der Waals surface area (Å²) in [5.41, 5.74) is -1.40. The lowest BCUT2D eigenvalue weighted by molar-refractivity contribution is -0.831. The Hall–Kier alpha value is -1.31. The number of amides is 2. The van der Waals surface area contributed by atoms with Gasteiger partial charge in [-0.1, -0.05) is 11.6 Å². The van der Waals surface area contributed by atoms with Gasteiger partial charge in [-0.15, -0.1) is 5.06 Å². The number of carbonyl (C=O) groups is 1. The zero-order valence-corrected chi connectivity index (χ0v) is 12.8. The predicted molar refractivity (Wildman–Crippen MR) is 73.4 cm³/mol. The molecule has 0 bridgehead atoms. The Kier molecular flexibility index (Phi) is 4.92. The Bertz CT molecular complexity index is 545. The molecule has 0 aliphatic rings. The molecule has 0 atom stereocenters. The summed E-state index contributed by atoms with van der Waals surface area (Å²) in [6, 6.07) is 1.45. The van der Waals surface area contributed by atoms with Crippen molar-refractivity contribution in [1.82, 2.24) is 0 Å². The van der Waals surface area contributed by atoms with Crippen LogP contribution in [-0.2, 0) is 6.18 Å². The Morgan fingerprint density at radius 2 is 1.86 bits per heavy atom. The Balaban J connectivity index is 3.25. The number of hydrogen-bond acceptors (Lipinski definition) is 2. The Labute approximate surface area is 125 Å². The van der Waals surface area contributed by atoms with Gasteiger partial charge in [-0.2, -0.15) is 13.2 Å². The molecule has 2 amide bonds. The van der Waals surface area contributed by atoms with E-state index in [0.29, 0.717) is 6.07 Å². The highest BCUT2D eigenvalue weighted by Crippen LogP contribution is 2.35. The van der Waals surface area contributed by atoms with Crippen LogP contribution in [0.2, 0.25) is 5.02 Å². The maximum absolute atomic E-state index is 12.7. The minimum Gasteiger partial charge on any atom is -0.277 e. The number of urea groups is 1. The number of benzene rings is 1. The van der Waals surface area contributed by atoms with E-state index in [1.165, 1.54) is 14.1 Å². The highest BCUT2D eigenvalue weighted by molar-refractivity contribution is 6.33. The van der Waals surface area contributed by atoms with Crippen molar-refractivity contribution in [2.45, 2.75) is 26.1 Å². The van der Waals surface area contributed by atoms with Gasteiger partial charge in [0.15, 0.2) is 0 Å². The van der Waals surface area contributed by atoms with Gasteiger partial charge in [-0.3, -0.25) is 5.21 Å². The second-order valence-electron chi connectivity index (χ2n) is 5.39. The normalized spacial score (nSPS) is 12.7. The average Bonchev–Trinajstić information content (AvgIpc) is 2.35. The van der Waals surface area contributed by atoms with Crippen molar-refractivity contribution in [3.8, 4) is 0 Å². The van der Waals surface area contributed by atoms with Crippen LogP contribution >= 0.6 is 11.6 Å². The van der Waals surface area contributed by atoms with Gasteiger partial charge >= 0.3 is 12.2 Å². The monoisotopic (exact) mass is 325 g/mol. The number of hydrogen-bond donors (Lipinski definition) is 1. The Morgan fingerprint density at radius 3 is 2.29 bits per heavy atom. The van der Waals surface area contributed by atoms with Crippen molar-refractivity contribution in [2.75, 3.05) is 19.2 Å². The molecule has 1 aromatic carbocycles. The Morgan fingerprint density at radius 1 is 1.33 bits per heavy atom. The third kappa shape index (κ3) is 3.66. The fourth-order valence-electron chi connectivity index (χ4n) is 1.42. The smallest absolute Gasteiger partial charge is 0.277 e. The van der Waals surface area contributed by atoms with Crippen LogP contribution < -0.4 is 5.06 Å². The molecule has 1 aromatic rings. The summed E-state index contributed by atoms with van der Waals surface area (Å²) in [5, 5.41) is 9.97. The summed E-state index contributed by atoms with van der Waals surface area (Å²) in [5.74, 6) is 0. The number of carbonyl (C=O) groups excluding carboxylic acids is 1.